The van der Waals surface area contributed by atoms with Crippen molar-refractivity contribution in [1.82, 2.24) is 9.62 Å². The molecule has 134 valence electrons. The Morgan fingerprint density at radius 1 is 1.38 bits per heavy atom. The van der Waals surface area contributed by atoms with Crippen molar-refractivity contribution in [3.8, 4) is 0 Å². The van der Waals surface area contributed by atoms with Gasteiger partial charge in [0.05, 0.1) is 5.75 Å². The normalized spacial score (nSPS) is 15.5. The zero-order valence-corrected chi connectivity index (χ0v) is 14.9. The van der Waals surface area contributed by atoms with E-state index in [0.717, 1.165) is 12.8 Å². The first-order valence-corrected chi connectivity index (χ1v) is 10.1. The second kappa shape index (κ2) is 8.04. The number of carboxylic acid groups (broad SMARTS) is 1. The molecule has 10 heteroatoms. The molecule has 8 nitrogen and oxygen atoms in total. The quantitative estimate of drug-likeness (QED) is 0.648. The van der Waals surface area contributed by atoms with Crippen molar-refractivity contribution >= 4 is 33.7 Å². The Balaban J connectivity index is 1.97. The maximum Gasteiger partial charge on any atom is 0.313 e. The monoisotopic (exact) mass is 376 g/mol. The van der Waals surface area contributed by atoms with Crippen molar-refractivity contribution in [3.63, 3.8) is 0 Å². The molecule has 0 spiro atoms. The Bertz CT molecular complexity index is 707. The molecule has 1 aliphatic rings. The summed E-state index contributed by atoms with van der Waals surface area (Å²) in [5.41, 5.74) is 0. The van der Waals surface area contributed by atoms with Gasteiger partial charge in [0.1, 0.15) is 10.7 Å². The number of hydrogen-bond donors (Lipinski definition) is 2. The second-order valence-corrected chi connectivity index (χ2v) is 8.36. The lowest BCUT2D eigenvalue weighted by Crippen LogP contribution is -2.28. The molecule has 1 amide bonds. The van der Waals surface area contributed by atoms with E-state index in [0.29, 0.717) is 18.8 Å². The van der Waals surface area contributed by atoms with E-state index < -0.39 is 21.9 Å². The SMILES string of the molecule is Cc1oc(C(=O)NCCSCC(=O)O)cc1S(=O)(=O)N1CCCC1. The molecule has 0 atom stereocenters. The third-order valence-corrected chi connectivity index (χ3v) is 6.49. The molecule has 0 unspecified atom stereocenters. The maximum atomic E-state index is 12.5. The van der Waals surface area contributed by atoms with Gasteiger partial charge in [-0.15, -0.1) is 11.8 Å². The van der Waals surface area contributed by atoms with Crippen LogP contribution in [0.3, 0.4) is 0 Å². The van der Waals surface area contributed by atoms with Crippen LogP contribution in [0.2, 0.25) is 0 Å². The molecule has 1 aromatic rings. The summed E-state index contributed by atoms with van der Waals surface area (Å²) in [4.78, 5) is 22.4. The predicted molar refractivity (Wildman–Crippen MR) is 88.7 cm³/mol. The fraction of sp³-hybridized carbons (Fsp3) is 0.571. The van der Waals surface area contributed by atoms with Crippen LogP contribution in [0.25, 0.3) is 0 Å². The first kappa shape index (κ1) is 18.8. The van der Waals surface area contributed by atoms with Gasteiger partial charge in [-0.1, -0.05) is 0 Å². The Morgan fingerprint density at radius 2 is 2.04 bits per heavy atom. The van der Waals surface area contributed by atoms with Crippen molar-refractivity contribution in [1.29, 1.82) is 0 Å². The highest BCUT2D eigenvalue weighted by atomic mass is 32.2. The molecule has 2 rings (SSSR count). The van der Waals surface area contributed by atoms with Crippen LogP contribution in [-0.2, 0) is 14.8 Å². The average molecular weight is 376 g/mol. The highest BCUT2D eigenvalue weighted by molar-refractivity contribution is 7.99. The Labute approximate surface area is 144 Å². The summed E-state index contributed by atoms with van der Waals surface area (Å²) < 4.78 is 31.8. The maximum absolute atomic E-state index is 12.5. The van der Waals surface area contributed by atoms with E-state index >= 15 is 0 Å². The molecule has 0 aromatic carbocycles. The van der Waals surface area contributed by atoms with Crippen molar-refractivity contribution < 1.29 is 27.5 Å². The van der Waals surface area contributed by atoms with Crippen molar-refractivity contribution in [2.45, 2.75) is 24.7 Å². The highest BCUT2D eigenvalue weighted by Gasteiger charge is 2.31. The summed E-state index contributed by atoms with van der Waals surface area (Å²) in [7, 11) is -3.63. The number of carbonyl (C=O) groups is 2. The molecular weight excluding hydrogens is 356 g/mol. The molecule has 1 aromatic heterocycles. The van der Waals surface area contributed by atoms with E-state index in [1.54, 1.807) is 0 Å². The van der Waals surface area contributed by atoms with Gasteiger partial charge in [0.15, 0.2) is 5.76 Å². The zero-order valence-electron chi connectivity index (χ0n) is 13.3. The lowest BCUT2D eigenvalue weighted by Gasteiger charge is -2.14. The molecule has 0 aliphatic carbocycles. The van der Waals surface area contributed by atoms with Crippen LogP contribution in [0, 0.1) is 6.92 Å². The number of aliphatic carboxylic acids is 1. The van der Waals surface area contributed by atoms with E-state index in [-0.39, 0.29) is 28.7 Å². The first-order chi connectivity index (χ1) is 11.3. The van der Waals surface area contributed by atoms with E-state index in [2.05, 4.69) is 5.32 Å². The smallest absolute Gasteiger partial charge is 0.313 e. The van der Waals surface area contributed by atoms with Gasteiger partial charge < -0.3 is 14.8 Å². The van der Waals surface area contributed by atoms with Crippen LogP contribution in [0.1, 0.15) is 29.2 Å². The summed E-state index contributed by atoms with van der Waals surface area (Å²) in [6, 6.07) is 1.25. The summed E-state index contributed by atoms with van der Waals surface area (Å²) in [5, 5.41) is 11.1. The lowest BCUT2D eigenvalue weighted by molar-refractivity contribution is -0.133. The van der Waals surface area contributed by atoms with Crippen molar-refractivity contribution in [2.75, 3.05) is 31.1 Å². The van der Waals surface area contributed by atoms with Gasteiger partial charge >= 0.3 is 5.97 Å². The van der Waals surface area contributed by atoms with E-state index in [1.165, 1.54) is 29.1 Å². The molecule has 0 radical (unpaired) electrons. The number of sulfonamides is 1. The number of hydrogen-bond acceptors (Lipinski definition) is 6. The molecule has 0 saturated carbocycles. The fourth-order valence-electron chi connectivity index (χ4n) is 2.38. The Morgan fingerprint density at radius 3 is 2.67 bits per heavy atom. The number of thioether (sulfide) groups is 1. The summed E-state index contributed by atoms with van der Waals surface area (Å²) in [6.45, 7) is 2.75. The van der Waals surface area contributed by atoms with Gasteiger partial charge in [0.25, 0.3) is 5.91 Å². The molecular formula is C14H20N2O6S2. The molecule has 24 heavy (non-hydrogen) atoms. The fourth-order valence-corrected chi connectivity index (χ4v) is 4.63. The Kier molecular flexibility index (Phi) is 6.30. The van der Waals surface area contributed by atoms with Crippen LogP contribution in [-0.4, -0.2) is 60.8 Å². The minimum atomic E-state index is -3.63. The standard InChI is InChI=1S/C14H20N2O6S2/c1-10-12(24(20,21)16-5-2-3-6-16)8-11(22-10)14(19)15-4-7-23-9-13(17)18/h8H,2-7,9H2,1H3,(H,15,19)(H,17,18). The van der Waals surface area contributed by atoms with E-state index in [9.17, 15) is 18.0 Å². The minimum Gasteiger partial charge on any atom is -0.481 e. The number of carboxylic acids is 1. The van der Waals surface area contributed by atoms with E-state index in [4.69, 9.17) is 9.52 Å². The number of aryl methyl sites for hydroxylation is 1. The number of furan rings is 1. The van der Waals surface area contributed by atoms with Crippen LogP contribution < -0.4 is 5.32 Å². The predicted octanol–water partition coefficient (Wildman–Crippen LogP) is 0.920. The number of carbonyl (C=O) groups excluding carboxylic acids is 1. The first-order valence-electron chi connectivity index (χ1n) is 7.50. The minimum absolute atomic E-state index is 0.0230. The number of rotatable bonds is 8. The van der Waals surface area contributed by atoms with Gasteiger partial charge in [-0.2, -0.15) is 4.31 Å². The third-order valence-electron chi connectivity index (χ3n) is 3.54. The summed E-state index contributed by atoms with van der Waals surface area (Å²) >= 11 is 1.18. The number of amides is 1. The number of nitrogens with one attached hydrogen (secondary N) is 1. The number of nitrogens with zero attached hydrogens (tertiary/aromatic N) is 1. The third kappa shape index (κ3) is 4.52. The highest BCUT2D eigenvalue weighted by Crippen LogP contribution is 2.26. The topological polar surface area (TPSA) is 117 Å². The zero-order chi connectivity index (χ0) is 17.7. The van der Waals surface area contributed by atoms with Crippen molar-refractivity contribution in [3.05, 3.63) is 17.6 Å². The molecule has 2 N–H and O–H groups in total. The molecule has 1 fully saturated rings. The van der Waals surface area contributed by atoms with Crippen LogP contribution in [0.15, 0.2) is 15.4 Å². The summed E-state index contributed by atoms with van der Waals surface area (Å²) in [6.07, 6.45) is 1.66. The lowest BCUT2D eigenvalue weighted by atomic mass is 10.4. The Hall–Kier alpha value is -1.52. The van der Waals surface area contributed by atoms with E-state index in [1.807, 2.05) is 0 Å². The van der Waals surface area contributed by atoms with Crippen LogP contribution in [0.4, 0.5) is 0 Å². The second-order valence-electron chi connectivity index (χ2n) is 5.34. The van der Waals surface area contributed by atoms with Gasteiger partial charge in [0.2, 0.25) is 10.0 Å². The van der Waals surface area contributed by atoms with Crippen LogP contribution >= 0.6 is 11.8 Å². The largest absolute Gasteiger partial charge is 0.481 e. The summed E-state index contributed by atoms with van der Waals surface area (Å²) in [5.74, 6) is -0.896. The molecule has 2 heterocycles. The molecule has 1 aliphatic heterocycles. The van der Waals surface area contributed by atoms with Gasteiger partial charge in [-0.25, -0.2) is 8.42 Å². The van der Waals surface area contributed by atoms with Gasteiger partial charge in [-0.05, 0) is 19.8 Å². The van der Waals surface area contributed by atoms with Gasteiger partial charge in [-0.3, -0.25) is 9.59 Å². The molecule has 0 bridgehead atoms. The van der Waals surface area contributed by atoms with Crippen molar-refractivity contribution in [2.24, 2.45) is 0 Å². The van der Waals surface area contributed by atoms with Gasteiger partial charge in [0, 0.05) is 31.5 Å². The molecule has 1 saturated heterocycles. The average Bonchev–Trinajstić information content (AvgIpc) is 3.16. The van der Waals surface area contributed by atoms with Crippen LogP contribution in [0.5, 0.6) is 0 Å².